The molecule has 4 atom stereocenters. The summed E-state index contributed by atoms with van der Waals surface area (Å²) in [6, 6.07) is 6.74. The molecule has 5 heteroatoms. The van der Waals surface area contributed by atoms with E-state index in [1.807, 2.05) is 51.1 Å². The van der Waals surface area contributed by atoms with Crippen molar-refractivity contribution in [3.8, 4) is 0 Å². The number of carbonyl (C=O) groups excluding carboxylic acids is 2. The Morgan fingerprint density at radius 2 is 2.10 bits per heavy atom. The number of aldehydes is 1. The van der Waals surface area contributed by atoms with Crippen LogP contribution in [0.2, 0.25) is 5.02 Å². The van der Waals surface area contributed by atoms with Crippen molar-refractivity contribution in [1.82, 2.24) is 4.90 Å². The average Bonchev–Trinajstić information content (AvgIpc) is 2.75. The predicted molar refractivity (Wildman–Crippen MR) is 130 cm³/mol. The Bertz CT molecular complexity index is 904. The zero-order valence-corrected chi connectivity index (χ0v) is 20.0. The van der Waals surface area contributed by atoms with Gasteiger partial charge >= 0.3 is 0 Å². The quantitative estimate of drug-likeness (QED) is 0.230. The lowest BCUT2D eigenvalue weighted by Crippen LogP contribution is -2.60. The van der Waals surface area contributed by atoms with E-state index in [4.69, 9.17) is 23.2 Å². The summed E-state index contributed by atoms with van der Waals surface area (Å²) in [5, 5.41) is 1.21. The van der Waals surface area contributed by atoms with E-state index in [0.717, 1.165) is 17.4 Å². The Morgan fingerprint density at radius 3 is 2.65 bits per heavy atom. The van der Waals surface area contributed by atoms with Crippen LogP contribution in [0.15, 0.2) is 72.3 Å². The van der Waals surface area contributed by atoms with E-state index in [0.29, 0.717) is 29.3 Å². The number of halogens is 2. The molecule has 0 unspecified atom stereocenters. The molecular weight excluding hydrogens is 429 g/mol. The second-order valence-corrected chi connectivity index (χ2v) is 9.14. The number of rotatable bonds is 9. The first-order valence-electron chi connectivity index (χ1n) is 10.6. The number of likely N-dealkylation sites (tertiary alicyclic amines) is 1. The van der Waals surface area contributed by atoms with E-state index in [-0.39, 0.29) is 11.8 Å². The zero-order valence-electron chi connectivity index (χ0n) is 18.5. The van der Waals surface area contributed by atoms with Gasteiger partial charge in [0, 0.05) is 16.0 Å². The van der Waals surface area contributed by atoms with E-state index in [2.05, 4.69) is 13.2 Å². The van der Waals surface area contributed by atoms with Gasteiger partial charge in [-0.3, -0.25) is 4.79 Å². The van der Waals surface area contributed by atoms with E-state index in [1.165, 1.54) is 0 Å². The molecule has 1 aromatic rings. The molecule has 0 aliphatic carbocycles. The standard InChI is InChI=1S/C26H31Cl2NO2/c1-6-14-26(5)16-23(19-10-9-11-21(28)15-19)24(18(4)12-13-20(27)7-2)29(25(26)31)22(8-3)17-30/h6-7,9-13,15,17,22-24H,1,4,8,14,16H2,2-3,5H3/b13-12-,20-7+/t22-,23+,24+,26-/m0/s1. The largest absolute Gasteiger partial charge is 0.325 e. The molecule has 2 rings (SSSR count). The number of carbonyl (C=O) groups is 2. The Labute approximate surface area is 196 Å². The van der Waals surface area contributed by atoms with Crippen molar-refractivity contribution in [2.75, 3.05) is 0 Å². The smallest absolute Gasteiger partial charge is 0.229 e. The predicted octanol–water partition coefficient (Wildman–Crippen LogP) is 6.84. The van der Waals surface area contributed by atoms with Crippen LogP contribution in [0, 0.1) is 5.41 Å². The first-order valence-corrected chi connectivity index (χ1v) is 11.3. The molecule has 166 valence electrons. The van der Waals surface area contributed by atoms with Gasteiger partial charge in [0.15, 0.2) is 0 Å². The second kappa shape index (κ2) is 11.0. The summed E-state index contributed by atoms with van der Waals surface area (Å²) < 4.78 is 0. The number of piperidine rings is 1. The van der Waals surface area contributed by atoms with Gasteiger partial charge in [-0.25, -0.2) is 0 Å². The maximum absolute atomic E-state index is 13.7. The third-order valence-electron chi connectivity index (χ3n) is 6.02. The number of benzene rings is 1. The Balaban J connectivity index is 2.69. The van der Waals surface area contributed by atoms with Crippen LogP contribution in [-0.2, 0) is 9.59 Å². The highest BCUT2D eigenvalue weighted by Gasteiger charge is 2.50. The van der Waals surface area contributed by atoms with Gasteiger partial charge < -0.3 is 9.69 Å². The molecule has 3 nitrogen and oxygen atoms in total. The van der Waals surface area contributed by atoms with Crippen LogP contribution in [0.1, 0.15) is 51.5 Å². The minimum absolute atomic E-state index is 0.0543. The lowest BCUT2D eigenvalue weighted by atomic mass is 9.67. The van der Waals surface area contributed by atoms with Crippen LogP contribution in [0.25, 0.3) is 0 Å². The summed E-state index contributed by atoms with van der Waals surface area (Å²) in [4.78, 5) is 27.5. The number of nitrogens with zero attached hydrogens (tertiary/aromatic N) is 1. The fourth-order valence-corrected chi connectivity index (χ4v) is 4.64. The minimum Gasteiger partial charge on any atom is -0.325 e. The zero-order chi connectivity index (χ0) is 23.2. The van der Waals surface area contributed by atoms with Crippen molar-refractivity contribution < 1.29 is 9.59 Å². The molecule has 1 saturated heterocycles. The molecular formula is C26H31Cl2NO2. The molecule has 1 aliphatic rings. The van der Waals surface area contributed by atoms with Crippen LogP contribution < -0.4 is 0 Å². The van der Waals surface area contributed by atoms with E-state index >= 15 is 0 Å². The minimum atomic E-state index is -0.674. The highest BCUT2D eigenvalue weighted by atomic mass is 35.5. The summed E-state index contributed by atoms with van der Waals surface area (Å²) >= 11 is 12.5. The third kappa shape index (κ3) is 5.58. The fraction of sp³-hybridized carbons (Fsp3) is 0.385. The Morgan fingerprint density at radius 1 is 1.39 bits per heavy atom. The number of allylic oxidation sites excluding steroid dienone is 4. The normalized spacial score (nSPS) is 25.5. The van der Waals surface area contributed by atoms with Crippen molar-refractivity contribution >= 4 is 35.4 Å². The number of hydrogen-bond acceptors (Lipinski definition) is 2. The average molecular weight is 460 g/mol. The number of hydrogen-bond donors (Lipinski definition) is 0. The summed E-state index contributed by atoms with van der Waals surface area (Å²) in [5.74, 6) is -0.141. The lowest BCUT2D eigenvalue weighted by molar-refractivity contribution is -0.154. The molecule has 1 amide bonds. The van der Waals surface area contributed by atoms with Crippen LogP contribution in [0.4, 0.5) is 0 Å². The van der Waals surface area contributed by atoms with Crippen LogP contribution in [0.3, 0.4) is 0 Å². The van der Waals surface area contributed by atoms with Gasteiger partial charge in [0.1, 0.15) is 6.29 Å². The SMILES string of the molecule is C=CC[C@@]1(C)C[C@H](c2cccc(Cl)c2)[C@@H](C(=C)/C=C\C(Cl)=C/C)N([C@H](C=O)CC)C1=O. The lowest BCUT2D eigenvalue weighted by Gasteiger charge is -2.51. The molecule has 0 aromatic heterocycles. The van der Waals surface area contributed by atoms with Crippen LogP contribution >= 0.6 is 23.2 Å². The van der Waals surface area contributed by atoms with Crippen LogP contribution in [-0.4, -0.2) is 29.2 Å². The Hall–Kier alpha value is -2.10. The highest BCUT2D eigenvalue weighted by molar-refractivity contribution is 6.31. The molecule has 0 spiro atoms. The molecule has 1 fully saturated rings. The first-order chi connectivity index (χ1) is 14.7. The van der Waals surface area contributed by atoms with Gasteiger partial charge in [-0.15, -0.1) is 6.58 Å². The second-order valence-electron chi connectivity index (χ2n) is 8.27. The maximum atomic E-state index is 13.7. The maximum Gasteiger partial charge on any atom is 0.229 e. The van der Waals surface area contributed by atoms with Crippen molar-refractivity contribution in [3.05, 3.63) is 82.9 Å². The van der Waals surface area contributed by atoms with Gasteiger partial charge in [-0.1, -0.05) is 74.0 Å². The van der Waals surface area contributed by atoms with Crippen molar-refractivity contribution in [1.29, 1.82) is 0 Å². The van der Waals surface area contributed by atoms with Crippen LogP contribution in [0.5, 0.6) is 0 Å². The Kier molecular flexibility index (Phi) is 8.90. The molecule has 1 aromatic carbocycles. The van der Waals surface area contributed by atoms with Gasteiger partial charge in [0.05, 0.1) is 17.5 Å². The molecule has 1 aliphatic heterocycles. The van der Waals surface area contributed by atoms with Gasteiger partial charge in [-0.2, -0.15) is 0 Å². The first kappa shape index (κ1) is 25.2. The summed E-state index contributed by atoms with van der Waals surface area (Å²) in [5.41, 5.74) is 1.06. The summed E-state index contributed by atoms with van der Waals surface area (Å²) in [6.07, 6.45) is 9.64. The summed E-state index contributed by atoms with van der Waals surface area (Å²) in [6.45, 7) is 13.8. The van der Waals surface area contributed by atoms with E-state index in [9.17, 15) is 9.59 Å². The number of amides is 1. The molecule has 0 saturated carbocycles. The molecule has 0 N–H and O–H groups in total. The third-order valence-corrected chi connectivity index (χ3v) is 6.60. The fourth-order valence-electron chi connectivity index (χ4n) is 4.38. The molecule has 1 heterocycles. The van der Waals surface area contributed by atoms with Crippen molar-refractivity contribution in [2.45, 2.75) is 58.0 Å². The van der Waals surface area contributed by atoms with Gasteiger partial charge in [-0.05, 0) is 55.5 Å². The topological polar surface area (TPSA) is 37.4 Å². The molecule has 0 radical (unpaired) electrons. The highest BCUT2D eigenvalue weighted by Crippen LogP contribution is 2.48. The van der Waals surface area contributed by atoms with Gasteiger partial charge in [0.25, 0.3) is 0 Å². The van der Waals surface area contributed by atoms with Crippen molar-refractivity contribution in [2.24, 2.45) is 5.41 Å². The molecule has 0 bridgehead atoms. The monoisotopic (exact) mass is 459 g/mol. The van der Waals surface area contributed by atoms with Crippen molar-refractivity contribution in [3.63, 3.8) is 0 Å². The van der Waals surface area contributed by atoms with Gasteiger partial charge in [0.2, 0.25) is 5.91 Å². The van der Waals surface area contributed by atoms with E-state index < -0.39 is 17.5 Å². The molecule has 31 heavy (non-hydrogen) atoms. The van der Waals surface area contributed by atoms with E-state index in [1.54, 1.807) is 23.1 Å². The summed E-state index contributed by atoms with van der Waals surface area (Å²) in [7, 11) is 0.